The third kappa shape index (κ3) is 3.28. The second-order valence-electron chi connectivity index (χ2n) is 5.39. The lowest BCUT2D eigenvalue weighted by molar-refractivity contribution is 0.597. The molecule has 0 bridgehead atoms. The summed E-state index contributed by atoms with van der Waals surface area (Å²) in [6.45, 7) is 10.6. The zero-order chi connectivity index (χ0) is 14.5. The molecular weight excluding hydrogens is 246 g/mol. The summed E-state index contributed by atoms with van der Waals surface area (Å²) in [4.78, 5) is 0. The van der Waals surface area contributed by atoms with Gasteiger partial charge in [0, 0.05) is 18.3 Å². The number of rotatable bonds is 6. The number of hydrogen-bond donors (Lipinski definition) is 1. The van der Waals surface area contributed by atoms with E-state index < -0.39 is 0 Å². The second kappa shape index (κ2) is 6.71. The third-order valence-electron chi connectivity index (χ3n) is 3.58. The molecule has 3 heteroatoms. The molecule has 1 unspecified atom stereocenters. The van der Waals surface area contributed by atoms with Crippen LogP contribution in [0.15, 0.2) is 30.6 Å². The van der Waals surface area contributed by atoms with E-state index in [1.54, 1.807) is 0 Å². The van der Waals surface area contributed by atoms with Crippen molar-refractivity contribution in [2.75, 3.05) is 6.54 Å². The van der Waals surface area contributed by atoms with Crippen molar-refractivity contribution < 1.29 is 0 Å². The Hall–Kier alpha value is -1.61. The Morgan fingerprint density at radius 1 is 1.25 bits per heavy atom. The lowest BCUT2D eigenvalue weighted by Gasteiger charge is -2.19. The fourth-order valence-electron chi connectivity index (χ4n) is 2.64. The van der Waals surface area contributed by atoms with Crippen molar-refractivity contribution in [3.8, 4) is 0 Å². The smallest absolute Gasteiger partial charge is 0.0610 e. The Kier molecular flexibility index (Phi) is 4.96. The summed E-state index contributed by atoms with van der Waals surface area (Å²) >= 11 is 0. The van der Waals surface area contributed by atoms with Crippen molar-refractivity contribution in [2.45, 2.75) is 46.7 Å². The van der Waals surface area contributed by atoms with Gasteiger partial charge in [-0.15, -0.1) is 0 Å². The van der Waals surface area contributed by atoms with Gasteiger partial charge in [-0.25, -0.2) is 0 Å². The number of nitrogens with zero attached hydrogens (tertiary/aromatic N) is 2. The first-order chi connectivity index (χ1) is 9.65. The van der Waals surface area contributed by atoms with E-state index in [2.05, 4.69) is 62.5 Å². The highest BCUT2D eigenvalue weighted by molar-refractivity contribution is 5.37. The average molecular weight is 271 g/mol. The minimum absolute atomic E-state index is 0.228. The number of aryl methyl sites for hydroxylation is 3. The van der Waals surface area contributed by atoms with Crippen LogP contribution in [0.3, 0.4) is 0 Å². The van der Waals surface area contributed by atoms with Crippen molar-refractivity contribution >= 4 is 0 Å². The predicted molar refractivity (Wildman–Crippen MR) is 84.0 cm³/mol. The molecular formula is C17H25N3. The molecule has 3 nitrogen and oxygen atoms in total. The van der Waals surface area contributed by atoms with Gasteiger partial charge in [0.05, 0.1) is 12.2 Å². The van der Waals surface area contributed by atoms with Gasteiger partial charge in [0.2, 0.25) is 0 Å². The molecule has 2 rings (SSSR count). The van der Waals surface area contributed by atoms with Gasteiger partial charge in [-0.1, -0.05) is 37.6 Å². The van der Waals surface area contributed by atoms with Crippen molar-refractivity contribution in [1.82, 2.24) is 15.1 Å². The molecule has 0 saturated carbocycles. The molecule has 1 aromatic carbocycles. The minimum Gasteiger partial charge on any atom is -0.306 e. The van der Waals surface area contributed by atoms with Crippen molar-refractivity contribution in [2.24, 2.45) is 0 Å². The van der Waals surface area contributed by atoms with E-state index in [1.807, 2.05) is 10.9 Å². The van der Waals surface area contributed by atoms with E-state index in [0.717, 1.165) is 19.5 Å². The van der Waals surface area contributed by atoms with Crippen molar-refractivity contribution in [3.63, 3.8) is 0 Å². The van der Waals surface area contributed by atoms with Crippen LogP contribution in [0.1, 0.15) is 48.6 Å². The van der Waals surface area contributed by atoms with Gasteiger partial charge in [-0.3, -0.25) is 4.68 Å². The maximum Gasteiger partial charge on any atom is 0.0610 e. The average Bonchev–Trinajstić information content (AvgIpc) is 2.86. The summed E-state index contributed by atoms with van der Waals surface area (Å²) in [6, 6.07) is 6.89. The van der Waals surface area contributed by atoms with Gasteiger partial charge in [0.1, 0.15) is 0 Å². The molecule has 2 aromatic rings. The van der Waals surface area contributed by atoms with E-state index >= 15 is 0 Å². The van der Waals surface area contributed by atoms with E-state index in [4.69, 9.17) is 0 Å². The maximum absolute atomic E-state index is 4.46. The van der Waals surface area contributed by atoms with E-state index in [1.165, 1.54) is 22.3 Å². The van der Waals surface area contributed by atoms with Gasteiger partial charge < -0.3 is 5.32 Å². The van der Waals surface area contributed by atoms with Crippen LogP contribution < -0.4 is 5.32 Å². The molecule has 108 valence electrons. The summed E-state index contributed by atoms with van der Waals surface area (Å²) in [7, 11) is 0. The Labute approximate surface area is 122 Å². The Bertz CT molecular complexity index is 557. The minimum atomic E-state index is 0.228. The van der Waals surface area contributed by atoms with Gasteiger partial charge in [-0.2, -0.15) is 5.10 Å². The normalized spacial score (nSPS) is 12.6. The van der Waals surface area contributed by atoms with Crippen LogP contribution >= 0.6 is 0 Å². The van der Waals surface area contributed by atoms with Crippen LogP contribution in [0, 0.1) is 13.8 Å². The number of hydrogen-bond acceptors (Lipinski definition) is 2. The standard InChI is InChI=1S/C17H25N3/c1-5-9-20-12-15(11-19-20)17(18-6-2)16-8-7-13(3)10-14(16)4/h7-8,10-12,17-18H,5-6,9H2,1-4H3. The molecule has 1 aromatic heterocycles. The van der Waals surface area contributed by atoms with E-state index in [9.17, 15) is 0 Å². The summed E-state index contributed by atoms with van der Waals surface area (Å²) < 4.78 is 2.03. The molecule has 20 heavy (non-hydrogen) atoms. The zero-order valence-electron chi connectivity index (χ0n) is 13.0. The Morgan fingerprint density at radius 2 is 2.05 bits per heavy atom. The summed E-state index contributed by atoms with van der Waals surface area (Å²) in [6.07, 6.45) is 5.26. The first-order valence-corrected chi connectivity index (χ1v) is 7.48. The third-order valence-corrected chi connectivity index (χ3v) is 3.58. The van der Waals surface area contributed by atoms with Gasteiger partial charge in [0.25, 0.3) is 0 Å². The zero-order valence-corrected chi connectivity index (χ0v) is 13.0. The molecule has 1 atom stereocenters. The number of aromatic nitrogens is 2. The Balaban J connectivity index is 2.34. The van der Waals surface area contributed by atoms with Crippen molar-refractivity contribution in [3.05, 3.63) is 52.8 Å². The molecule has 0 fully saturated rings. The Morgan fingerprint density at radius 3 is 2.70 bits per heavy atom. The van der Waals surface area contributed by atoms with Gasteiger partial charge in [0.15, 0.2) is 0 Å². The van der Waals surface area contributed by atoms with Gasteiger partial charge >= 0.3 is 0 Å². The topological polar surface area (TPSA) is 29.9 Å². The van der Waals surface area contributed by atoms with E-state index in [-0.39, 0.29) is 6.04 Å². The highest BCUT2D eigenvalue weighted by Gasteiger charge is 2.16. The molecule has 0 spiro atoms. The highest BCUT2D eigenvalue weighted by Crippen LogP contribution is 2.25. The largest absolute Gasteiger partial charge is 0.306 e. The maximum atomic E-state index is 4.46. The molecule has 0 amide bonds. The lowest BCUT2D eigenvalue weighted by Crippen LogP contribution is -2.22. The SMILES string of the molecule is CCCn1cc(C(NCC)c2ccc(C)cc2C)cn1. The molecule has 0 aliphatic carbocycles. The molecule has 1 heterocycles. The second-order valence-corrected chi connectivity index (χ2v) is 5.39. The quantitative estimate of drug-likeness (QED) is 0.870. The first-order valence-electron chi connectivity index (χ1n) is 7.48. The predicted octanol–water partition coefficient (Wildman–Crippen LogP) is 3.61. The molecule has 0 radical (unpaired) electrons. The molecule has 0 saturated heterocycles. The first kappa shape index (κ1) is 14.8. The highest BCUT2D eigenvalue weighted by atomic mass is 15.3. The molecule has 0 aliphatic heterocycles. The summed E-state index contributed by atoms with van der Waals surface area (Å²) in [5, 5.41) is 8.04. The fraction of sp³-hybridized carbons (Fsp3) is 0.471. The molecule has 1 N–H and O–H groups in total. The van der Waals surface area contributed by atoms with E-state index in [0.29, 0.717) is 0 Å². The number of benzene rings is 1. The van der Waals surface area contributed by atoms with Crippen LogP contribution in [0.4, 0.5) is 0 Å². The van der Waals surface area contributed by atoms with Crippen molar-refractivity contribution in [1.29, 1.82) is 0 Å². The number of nitrogens with one attached hydrogen (secondary N) is 1. The summed E-state index contributed by atoms with van der Waals surface area (Å²) in [5.74, 6) is 0. The van der Waals surface area contributed by atoms with Crippen LogP contribution in [-0.4, -0.2) is 16.3 Å². The van der Waals surface area contributed by atoms with Crippen LogP contribution in [0.25, 0.3) is 0 Å². The molecule has 0 aliphatic rings. The fourth-order valence-corrected chi connectivity index (χ4v) is 2.64. The van der Waals surface area contributed by atoms with Crippen LogP contribution in [-0.2, 0) is 6.54 Å². The summed E-state index contributed by atoms with van der Waals surface area (Å²) in [5.41, 5.74) is 5.23. The van der Waals surface area contributed by atoms with Gasteiger partial charge in [-0.05, 0) is 37.9 Å². The van der Waals surface area contributed by atoms with Crippen LogP contribution in [0.5, 0.6) is 0 Å². The lowest BCUT2D eigenvalue weighted by atomic mass is 9.95. The van der Waals surface area contributed by atoms with Crippen LogP contribution in [0.2, 0.25) is 0 Å². The monoisotopic (exact) mass is 271 g/mol.